The summed E-state index contributed by atoms with van der Waals surface area (Å²) < 4.78 is 39.2. The van der Waals surface area contributed by atoms with E-state index in [1.165, 1.54) is 0 Å². The Morgan fingerprint density at radius 3 is 2.26 bits per heavy atom. The summed E-state index contributed by atoms with van der Waals surface area (Å²) in [6.07, 6.45) is 3.15. The van der Waals surface area contributed by atoms with Crippen molar-refractivity contribution < 1.29 is 13.2 Å². The summed E-state index contributed by atoms with van der Waals surface area (Å²) in [6.45, 7) is 4.31. The van der Waals surface area contributed by atoms with Crippen molar-refractivity contribution in [2.75, 3.05) is 0 Å². The molecule has 0 spiro atoms. The zero-order chi connectivity index (χ0) is 14.0. The van der Waals surface area contributed by atoms with Gasteiger partial charge in [-0.2, -0.15) is 13.2 Å². The van der Waals surface area contributed by atoms with Crippen LogP contribution in [0.5, 0.6) is 0 Å². The number of hydrogen-bond acceptors (Lipinski definition) is 0. The molecule has 2 aliphatic carbocycles. The van der Waals surface area contributed by atoms with Crippen LogP contribution in [0.3, 0.4) is 0 Å². The van der Waals surface area contributed by atoms with Crippen molar-refractivity contribution in [3.05, 3.63) is 0 Å². The van der Waals surface area contributed by atoms with Gasteiger partial charge < -0.3 is 0 Å². The monoisotopic (exact) mass is 276 g/mol. The van der Waals surface area contributed by atoms with Crippen LogP contribution in [0.2, 0.25) is 0 Å². The first-order chi connectivity index (χ1) is 8.90. The Morgan fingerprint density at radius 2 is 1.74 bits per heavy atom. The Morgan fingerprint density at radius 1 is 1.05 bits per heavy atom. The van der Waals surface area contributed by atoms with Gasteiger partial charge in [0.05, 0.1) is 5.92 Å². The van der Waals surface area contributed by atoms with Crippen LogP contribution in [-0.2, 0) is 0 Å². The predicted molar refractivity (Wildman–Crippen MR) is 71.8 cm³/mol. The average molecular weight is 276 g/mol. The lowest BCUT2D eigenvalue weighted by Crippen LogP contribution is -2.27. The fourth-order valence-corrected chi connectivity index (χ4v) is 3.85. The molecule has 19 heavy (non-hydrogen) atoms. The first-order valence-corrected chi connectivity index (χ1v) is 7.96. The molecule has 0 aromatic heterocycles. The van der Waals surface area contributed by atoms with E-state index in [0.29, 0.717) is 30.6 Å². The molecule has 2 aliphatic rings. The third-order valence-electron chi connectivity index (χ3n) is 5.17. The smallest absolute Gasteiger partial charge is 0.171 e. The maximum absolute atomic E-state index is 13.1. The minimum atomic E-state index is -3.98. The largest absolute Gasteiger partial charge is 0.391 e. The molecule has 0 aliphatic heterocycles. The van der Waals surface area contributed by atoms with Gasteiger partial charge in [-0.25, -0.2) is 0 Å². The highest BCUT2D eigenvalue weighted by Gasteiger charge is 2.46. The molecule has 0 N–H and O–H groups in total. The standard InChI is InChI=1S/C16H27F3/c1-3-4-13-9-14(13)10-15(16(17,18)19)6-5-12-7-11(2)8-12/h11-15H,3-10H2,1-2H3. The van der Waals surface area contributed by atoms with Gasteiger partial charge in [0.2, 0.25) is 0 Å². The molecule has 112 valence electrons. The highest BCUT2D eigenvalue weighted by molar-refractivity contribution is 4.89. The van der Waals surface area contributed by atoms with Gasteiger partial charge >= 0.3 is 6.18 Å². The third-order valence-corrected chi connectivity index (χ3v) is 5.17. The van der Waals surface area contributed by atoms with Crippen molar-refractivity contribution in [1.29, 1.82) is 0 Å². The van der Waals surface area contributed by atoms with Crippen molar-refractivity contribution in [3.8, 4) is 0 Å². The van der Waals surface area contributed by atoms with Crippen molar-refractivity contribution in [2.24, 2.45) is 29.6 Å². The quantitative estimate of drug-likeness (QED) is 0.550. The topological polar surface area (TPSA) is 0 Å². The maximum Gasteiger partial charge on any atom is 0.391 e. The SMILES string of the molecule is CCCC1CC1CC(CCC1CC(C)C1)C(F)(F)F. The Bertz CT molecular complexity index is 278. The predicted octanol–water partition coefficient (Wildman–Crippen LogP) is 5.82. The highest BCUT2D eigenvalue weighted by atomic mass is 19.4. The molecule has 0 bridgehead atoms. The van der Waals surface area contributed by atoms with Gasteiger partial charge in [-0.15, -0.1) is 0 Å². The molecule has 0 aromatic rings. The first-order valence-electron chi connectivity index (χ1n) is 7.96. The lowest BCUT2D eigenvalue weighted by molar-refractivity contribution is -0.180. The van der Waals surface area contributed by atoms with Gasteiger partial charge in [0.25, 0.3) is 0 Å². The molecule has 0 aromatic carbocycles. The van der Waals surface area contributed by atoms with Gasteiger partial charge in [-0.1, -0.05) is 26.7 Å². The van der Waals surface area contributed by atoms with Crippen LogP contribution < -0.4 is 0 Å². The van der Waals surface area contributed by atoms with Crippen molar-refractivity contribution in [2.45, 2.75) is 71.4 Å². The summed E-state index contributed by atoms with van der Waals surface area (Å²) in [6, 6.07) is 0. The Hall–Kier alpha value is -0.210. The molecule has 3 heteroatoms. The molecular formula is C16H27F3. The van der Waals surface area contributed by atoms with Gasteiger partial charge in [-0.05, 0) is 62.2 Å². The third kappa shape index (κ3) is 4.39. The summed E-state index contributed by atoms with van der Waals surface area (Å²) in [4.78, 5) is 0. The lowest BCUT2D eigenvalue weighted by Gasteiger charge is -2.34. The zero-order valence-electron chi connectivity index (χ0n) is 12.2. The van der Waals surface area contributed by atoms with Gasteiger partial charge in [-0.3, -0.25) is 0 Å². The number of hydrogen-bond donors (Lipinski definition) is 0. The minimum absolute atomic E-state index is 0.367. The molecule has 3 unspecified atom stereocenters. The van der Waals surface area contributed by atoms with Gasteiger partial charge in [0, 0.05) is 0 Å². The zero-order valence-corrected chi connectivity index (χ0v) is 12.2. The fraction of sp³-hybridized carbons (Fsp3) is 1.00. The molecular weight excluding hydrogens is 249 g/mol. The molecule has 0 nitrogen and oxygen atoms in total. The summed E-state index contributed by atoms with van der Waals surface area (Å²) in [5.74, 6) is 1.25. The van der Waals surface area contributed by atoms with Crippen molar-refractivity contribution in [3.63, 3.8) is 0 Å². The molecule has 0 heterocycles. The van der Waals surface area contributed by atoms with Crippen molar-refractivity contribution >= 4 is 0 Å². The van der Waals surface area contributed by atoms with E-state index in [-0.39, 0.29) is 0 Å². The van der Waals surface area contributed by atoms with E-state index >= 15 is 0 Å². The van der Waals surface area contributed by atoms with Gasteiger partial charge in [0.1, 0.15) is 0 Å². The van der Waals surface area contributed by atoms with E-state index < -0.39 is 12.1 Å². The lowest BCUT2D eigenvalue weighted by atomic mass is 9.73. The van der Waals surface area contributed by atoms with Crippen LogP contribution >= 0.6 is 0 Å². The van der Waals surface area contributed by atoms with E-state index in [9.17, 15) is 13.2 Å². The van der Waals surface area contributed by atoms with E-state index in [4.69, 9.17) is 0 Å². The van der Waals surface area contributed by atoms with E-state index in [2.05, 4.69) is 13.8 Å². The van der Waals surface area contributed by atoms with E-state index in [1.807, 2.05) is 0 Å². The fourth-order valence-electron chi connectivity index (χ4n) is 3.85. The molecule has 2 fully saturated rings. The van der Waals surface area contributed by atoms with Crippen LogP contribution in [0, 0.1) is 29.6 Å². The molecule has 0 amide bonds. The van der Waals surface area contributed by atoms with Crippen LogP contribution in [-0.4, -0.2) is 6.18 Å². The van der Waals surface area contributed by atoms with E-state index in [0.717, 1.165) is 44.4 Å². The molecule has 3 atom stereocenters. The highest BCUT2D eigenvalue weighted by Crippen LogP contribution is 2.50. The first kappa shape index (κ1) is 15.2. The minimum Gasteiger partial charge on any atom is -0.171 e. The van der Waals surface area contributed by atoms with Crippen LogP contribution in [0.15, 0.2) is 0 Å². The Labute approximate surface area is 115 Å². The van der Waals surface area contributed by atoms with Gasteiger partial charge in [0.15, 0.2) is 0 Å². The number of rotatable bonds is 7. The van der Waals surface area contributed by atoms with E-state index in [1.54, 1.807) is 0 Å². The van der Waals surface area contributed by atoms with Crippen LogP contribution in [0.4, 0.5) is 13.2 Å². The molecule has 2 saturated carbocycles. The summed E-state index contributed by atoms with van der Waals surface area (Å²) in [5, 5.41) is 0. The van der Waals surface area contributed by atoms with Crippen LogP contribution in [0.25, 0.3) is 0 Å². The second-order valence-electron chi connectivity index (χ2n) is 7.04. The number of halogens is 3. The van der Waals surface area contributed by atoms with Crippen LogP contribution in [0.1, 0.15) is 65.2 Å². The second-order valence-corrected chi connectivity index (χ2v) is 7.04. The summed E-state index contributed by atoms with van der Waals surface area (Å²) in [7, 11) is 0. The molecule has 0 saturated heterocycles. The number of alkyl halides is 3. The maximum atomic E-state index is 13.1. The summed E-state index contributed by atoms with van der Waals surface area (Å²) in [5.41, 5.74) is 0. The second kappa shape index (κ2) is 6.05. The van der Waals surface area contributed by atoms with Crippen molar-refractivity contribution in [1.82, 2.24) is 0 Å². The molecule has 0 radical (unpaired) electrons. The normalized spacial score (nSPS) is 35.8. The average Bonchev–Trinajstić information content (AvgIpc) is 2.98. The Balaban J connectivity index is 1.73. The summed E-state index contributed by atoms with van der Waals surface area (Å²) >= 11 is 0. The Kier molecular flexibility index (Phi) is 4.84. The molecule has 2 rings (SSSR count).